The summed E-state index contributed by atoms with van der Waals surface area (Å²) in [5.41, 5.74) is 3.21. The molecule has 5 nitrogen and oxygen atoms in total. The standard InChI is InChI=1S/C17H29N3O2/c1-7-22-16(21)17(12(2)3)8-9-20(11-17)10-15-13(4)18-19(6)14(15)5/h12H,7-11H2,1-6H3. The molecule has 0 saturated carbocycles. The van der Waals surface area contributed by atoms with E-state index in [0.29, 0.717) is 6.61 Å². The SMILES string of the molecule is CCOC(=O)C1(C(C)C)CCN(Cc2c(C)nn(C)c2C)C1. The molecule has 2 heterocycles. The highest BCUT2D eigenvalue weighted by molar-refractivity contribution is 5.78. The van der Waals surface area contributed by atoms with Crippen molar-refractivity contribution in [2.24, 2.45) is 18.4 Å². The van der Waals surface area contributed by atoms with Gasteiger partial charge in [-0.2, -0.15) is 5.10 Å². The minimum atomic E-state index is -0.361. The van der Waals surface area contributed by atoms with Crippen LogP contribution < -0.4 is 0 Å². The van der Waals surface area contributed by atoms with Gasteiger partial charge in [-0.1, -0.05) is 13.8 Å². The van der Waals surface area contributed by atoms with Crippen molar-refractivity contribution in [2.45, 2.75) is 47.6 Å². The van der Waals surface area contributed by atoms with Gasteiger partial charge >= 0.3 is 5.97 Å². The molecule has 0 bridgehead atoms. The molecule has 0 N–H and O–H groups in total. The molecule has 1 unspecified atom stereocenters. The first kappa shape index (κ1) is 17.0. The Bertz CT molecular complexity index is 550. The van der Waals surface area contributed by atoms with Gasteiger partial charge in [-0.15, -0.1) is 0 Å². The Morgan fingerprint density at radius 1 is 1.41 bits per heavy atom. The van der Waals surface area contributed by atoms with E-state index in [1.54, 1.807) is 0 Å². The van der Waals surface area contributed by atoms with Gasteiger partial charge < -0.3 is 4.74 Å². The maximum Gasteiger partial charge on any atom is 0.313 e. The van der Waals surface area contributed by atoms with Gasteiger partial charge in [-0.3, -0.25) is 14.4 Å². The molecule has 1 aromatic heterocycles. The summed E-state index contributed by atoms with van der Waals surface area (Å²) in [5, 5.41) is 4.49. The van der Waals surface area contributed by atoms with Crippen LogP contribution in [0, 0.1) is 25.2 Å². The zero-order valence-corrected chi connectivity index (χ0v) is 14.8. The highest BCUT2D eigenvalue weighted by atomic mass is 16.5. The van der Waals surface area contributed by atoms with Gasteiger partial charge in [0.2, 0.25) is 0 Å². The van der Waals surface area contributed by atoms with E-state index in [0.717, 1.165) is 31.7 Å². The Kier molecular flexibility index (Phi) is 4.95. The molecule has 5 heteroatoms. The van der Waals surface area contributed by atoms with E-state index < -0.39 is 0 Å². The van der Waals surface area contributed by atoms with Crippen molar-refractivity contribution in [1.82, 2.24) is 14.7 Å². The molecular weight excluding hydrogens is 278 g/mol. The topological polar surface area (TPSA) is 47.4 Å². The Labute approximate surface area is 133 Å². The van der Waals surface area contributed by atoms with Crippen molar-refractivity contribution in [3.63, 3.8) is 0 Å². The predicted molar refractivity (Wildman–Crippen MR) is 86.5 cm³/mol. The van der Waals surface area contributed by atoms with Crippen LogP contribution in [0.3, 0.4) is 0 Å². The Balaban J connectivity index is 2.15. The molecule has 0 aliphatic carbocycles. The summed E-state index contributed by atoms with van der Waals surface area (Å²) in [7, 11) is 1.98. The van der Waals surface area contributed by atoms with E-state index in [1.807, 2.05) is 18.7 Å². The number of likely N-dealkylation sites (tertiary alicyclic amines) is 1. The molecule has 1 saturated heterocycles. The molecule has 0 aromatic carbocycles. The number of rotatable bonds is 5. The molecule has 1 fully saturated rings. The fourth-order valence-electron chi connectivity index (χ4n) is 3.47. The first-order chi connectivity index (χ1) is 10.3. The number of hydrogen-bond acceptors (Lipinski definition) is 4. The van der Waals surface area contributed by atoms with E-state index in [1.165, 1.54) is 11.3 Å². The number of aromatic nitrogens is 2. The summed E-state index contributed by atoms with van der Waals surface area (Å²) < 4.78 is 7.29. The van der Waals surface area contributed by atoms with Gasteiger partial charge in [0.05, 0.1) is 17.7 Å². The second-order valence-corrected chi connectivity index (χ2v) is 6.76. The summed E-state index contributed by atoms with van der Waals surface area (Å²) in [6.45, 7) is 13.3. The fourth-order valence-corrected chi connectivity index (χ4v) is 3.47. The number of aryl methyl sites for hydroxylation is 2. The molecule has 0 spiro atoms. The number of nitrogens with zero attached hydrogens (tertiary/aromatic N) is 3. The highest BCUT2D eigenvalue weighted by Crippen LogP contribution is 2.40. The average molecular weight is 307 g/mol. The first-order valence-electron chi connectivity index (χ1n) is 8.20. The third kappa shape index (κ3) is 2.91. The molecule has 1 aromatic rings. The summed E-state index contributed by atoms with van der Waals surface area (Å²) >= 11 is 0. The van der Waals surface area contributed by atoms with E-state index in [9.17, 15) is 4.79 Å². The van der Waals surface area contributed by atoms with Crippen LogP contribution in [0.25, 0.3) is 0 Å². The summed E-state index contributed by atoms with van der Waals surface area (Å²) in [6.07, 6.45) is 0.877. The Morgan fingerprint density at radius 3 is 2.59 bits per heavy atom. The Morgan fingerprint density at radius 2 is 2.09 bits per heavy atom. The number of carbonyl (C=O) groups is 1. The third-order valence-corrected chi connectivity index (χ3v) is 5.21. The van der Waals surface area contributed by atoms with Crippen molar-refractivity contribution in [3.8, 4) is 0 Å². The predicted octanol–water partition coefficient (Wildman–Crippen LogP) is 2.45. The van der Waals surface area contributed by atoms with Gasteiger partial charge in [-0.25, -0.2) is 0 Å². The van der Waals surface area contributed by atoms with Crippen LogP contribution >= 0.6 is 0 Å². The molecular formula is C17H29N3O2. The van der Waals surface area contributed by atoms with Crippen molar-refractivity contribution in [1.29, 1.82) is 0 Å². The fraction of sp³-hybridized carbons (Fsp3) is 0.765. The maximum atomic E-state index is 12.5. The van der Waals surface area contributed by atoms with Crippen LogP contribution in [-0.4, -0.2) is 40.3 Å². The normalized spacial score (nSPS) is 22.5. The molecule has 1 aliphatic rings. The van der Waals surface area contributed by atoms with Crippen LogP contribution in [0.4, 0.5) is 0 Å². The van der Waals surface area contributed by atoms with E-state index in [2.05, 4.69) is 37.7 Å². The maximum absolute atomic E-state index is 12.5. The van der Waals surface area contributed by atoms with Gasteiger partial charge in [0.25, 0.3) is 0 Å². The van der Waals surface area contributed by atoms with Crippen molar-refractivity contribution in [3.05, 3.63) is 17.0 Å². The average Bonchev–Trinajstić information content (AvgIpc) is 2.98. The highest BCUT2D eigenvalue weighted by Gasteiger charge is 2.48. The summed E-state index contributed by atoms with van der Waals surface area (Å²) in [4.78, 5) is 14.8. The Hall–Kier alpha value is -1.36. The molecule has 124 valence electrons. The van der Waals surface area contributed by atoms with Crippen molar-refractivity contribution >= 4 is 5.97 Å². The van der Waals surface area contributed by atoms with Crippen LogP contribution in [0.15, 0.2) is 0 Å². The van der Waals surface area contributed by atoms with Gasteiger partial charge in [0.15, 0.2) is 0 Å². The minimum Gasteiger partial charge on any atom is -0.466 e. The van der Waals surface area contributed by atoms with Crippen LogP contribution in [0.2, 0.25) is 0 Å². The molecule has 0 amide bonds. The molecule has 1 atom stereocenters. The number of hydrogen-bond donors (Lipinski definition) is 0. The van der Waals surface area contributed by atoms with Gasteiger partial charge in [-0.05, 0) is 39.7 Å². The third-order valence-electron chi connectivity index (χ3n) is 5.21. The summed E-state index contributed by atoms with van der Waals surface area (Å²) in [6, 6.07) is 0. The monoisotopic (exact) mass is 307 g/mol. The summed E-state index contributed by atoms with van der Waals surface area (Å²) in [5.74, 6) is 0.250. The lowest BCUT2D eigenvalue weighted by Crippen LogP contribution is -2.40. The van der Waals surface area contributed by atoms with Crippen LogP contribution in [0.5, 0.6) is 0 Å². The lowest BCUT2D eigenvalue weighted by molar-refractivity contribution is -0.157. The van der Waals surface area contributed by atoms with Crippen LogP contribution in [0.1, 0.15) is 44.1 Å². The quantitative estimate of drug-likeness (QED) is 0.784. The second-order valence-electron chi connectivity index (χ2n) is 6.76. The zero-order chi connectivity index (χ0) is 16.5. The smallest absolute Gasteiger partial charge is 0.313 e. The number of esters is 1. The first-order valence-corrected chi connectivity index (χ1v) is 8.20. The zero-order valence-electron chi connectivity index (χ0n) is 14.8. The van der Waals surface area contributed by atoms with Gasteiger partial charge in [0.1, 0.15) is 0 Å². The van der Waals surface area contributed by atoms with E-state index in [4.69, 9.17) is 4.74 Å². The number of carbonyl (C=O) groups excluding carboxylic acids is 1. The largest absolute Gasteiger partial charge is 0.466 e. The second kappa shape index (κ2) is 6.41. The van der Waals surface area contributed by atoms with E-state index in [-0.39, 0.29) is 17.3 Å². The minimum absolute atomic E-state index is 0.0351. The molecule has 1 aliphatic heterocycles. The molecule has 2 rings (SSSR count). The van der Waals surface area contributed by atoms with Crippen molar-refractivity contribution < 1.29 is 9.53 Å². The van der Waals surface area contributed by atoms with Gasteiger partial charge in [0, 0.05) is 31.4 Å². The van der Waals surface area contributed by atoms with Crippen molar-refractivity contribution in [2.75, 3.05) is 19.7 Å². The lowest BCUT2D eigenvalue weighted by atomic mass is 9.76. The van der Waals surface area contributed by atoms with E-state index >= 15 is 0 Å². The van der Waals surface area contributed by atoms with Crippen LogP contribution in [-0.2, 0) is 23.1 Å². The molecule has 0 radical (unpaired) electrons. The molecule has 22 heavy (non-hydrogen) atoms. The number of ether oxygens (including phenoxy) is 1. The lowest BCUT2D eigenvalue weighted by Gasteiger charge is -2.31.